The van der Waals surface area contributed by atoms with Crippen molar-refractivity contribution in [3.05, 3.63) is 11.9 Å². The first-order valence-electron chi connectivity index (χ1n) is 14.9. The van der Waals surface area contributed by atoms with Gasteiger partial charge in [0.25, 0.3) is 11.8 Å². The third kappa shape index (κ3) is 6.20. The number of likely N-dealkylation sites (tertiary alicyclic amines) is 1. The topological polar surface area (TPSA) is 187 Å². The highest BCUT2D eigenvalue weighted by atomic mass is 35.5. The van der Waals surface area contributed by atoms with Gasteiger partial charge in [-0.05, 0) is 39.0 Å². The Balaban J connectivity index is 1.73. The third-order valence-electron chi connectivity index (χ3n) is 9.26. The Morgan fingerprint density at radius 3 is 2.36 bits per heavy atom. The highest BCUT2D eigenvalue weighted by Gasteiger charge is 2.57. The summed E-state index contributed by atoms with van der Waals surface area (Å²) in [6.07, 6.45) is 8.52. The van der Waals surface area contributed by atoms with Crippen molar-refractivity contribution >= 4 is 35.3 Å². The molecule has 0 unspecified atom stereocenters. The molecule has 14 heteroatoms. The fourth-order valence-electron chi connectivity index (χ4n) is 7.04. The summed E-state index contributed by atoms with van der Waals surface area (Å²) in [6, 6.07) is -2.90. The summed E-state index contributed by atoms with van der Waals surface area (Å²) >= 11 is 6.75. The molecular weight excluding hydrogens is 566 g/mol. The zero-order valence-corrected chi connectivity index (χ0v) is 25.5. The molecule has 4 atom stereocenters. The first-order chi connectivity index (χ1) is 19.8. The minimum absolute atomic E-state index is 0.0277. The number of aliphatic hydroxyl groups is 1. The lowest BCUT2D eigenvalue weighted by atomic mass is 9.77. The summed E-state index contributed by atoms with van der Waals surface area (Å²) in [5, 5.41) is 18.9. The predicted octanol–water partition coefficient (Wildman–Crippen LogP) is 1.31. The minimum atomic E-state index is -1.64. The van der Waals surface area contributed by atoms with Crippen LogP contribution in [0.2, 0.25) is 0 Å². The van der Waals surface area contributed by atoms with Crippen LogP contribution in [0.4, 0.5) is 0 Å². The van der Waals surface area contributed by atoms with E-state index in [1.807, 2.05) is 0 Å². The lowest BCUT2D eigenvalue weighted by Gasteiger charge is -2.42. The quantitative estimate of drug-likeness (QED) is 0.259. The Hall–Kier alpha value is -2.61. The van der Waals surface area contributed by atoms with Crippen LogP contribution in [-0.4, -0.2) is 90.3 Å². The normalized spacial score (nSPS) is 25.7. The van der Waals surface area contributed by atoms with E-state index in [-0.39, 0.29) is 19.4 Å². The van der Waals surface area contributed by atoms with E-state index in [0.717, 1.165) is 36.5 Å². The fraction of sp³-hybridized carbons (Fsp3) is 0.786. The molecular formula is C28H44ClN7O6. The molecule has 4 rings (SSSR count). The van der Waals surface area contributed by atoms with E-state index in [1.165, 1.54) is 29.3 Å². The Bertz CT molecular complexity index is 1160. The molecule has 1 aromatic rings. The summed E-state index contributed by atoms with van der Waals surface area (Å²) in [4.78, 5) is 55.0. The van der Waals surface area contributed by atoms with E-state index in [9.17, 15) is 24.3 Å². The van der Waals surface area contributed by atoms with E-state index in [4.69, 9.17) is 28.0 Å². The van der Waals surface area contributed by atoms with Gasteiger partial charge in [0.1, 0.15) is 29.3 Å². The standard InChI is InChI=1S/C28H44ClN7O6/c1-27(2,41)20-15-32-33-35(20)19-16-34(25(39)18(30)14-17-10-6-4-7-11-17)21(22(19)42-3)26(40)36(29)28(23(37)24(31)38)12-8-5-9-13-28/h15,17-19,21-22,41H,4-14,16,30H2,1-3H3,(H2,31,38)/t18-,19-,21+,22+/m1/s1. The Labute approximate surface area is 251 Å². The van der Waals surface area contributed by atoms with E-state index in [2.05, 4.69) is 10.3 Å². The SMILES string of the molecule is CO[C@@H]1[C@@H](C(=O)N(Cl)C2(C(=O)C(N)=O)CCCCC2)N(C(=O)[C@H](N)CC2CCCCC2)C[C@H]1n1nncc1C(C)(C)O. The van der Waals surface area contributed by atoms with Gasteiger partial charge in [-0.25, -0.2) is 9.10 Å². The molecule has 42 heavy (non-hydrogen) atoms. The van der Waals surface area contributed by atoms with Crippen molar-refractivity contribution in [2.24, 2.45) is 17.4 Å². The third-order valence-corrected chi connectivity index (χ3v) is 9.75. The van der Waals surface area contributed by atoms with Gasteiger partial charge in [-0.15, -0.1) is 5.10 Å². The summed E-state index contributed by atoms with van der Waals surface area (Å²) in [6.45, 7) is 3.13. The Morgan fingerprint density at radius 2 is 1.79 bits per heavy atom. The van der Waals surface area contributed by atoms with Crippen LogP contribution >= 0.6 is 11.8 Å². The van der Waals surface area contributed by atoms with Crippen molar-refractivity contribution in [2.75, 3.05) is 13.7 Å². The number of Topliss-reactive ketones (excluding diaryl/α,β-unsaturated/α-hetero) is 1. The highest BCUT2D eigenvalue weighted by molar-refractivity contribution is 6.41. The van der Waals surface area contributed by atoms with Crippen molar-refractivity contribution in [2.45, 2.75) is 120 Å². The lowest BCUT2D eigenvalue weighted by molar-refractivity contribution is -0.153. The molecule has 3 amide bonds. The number of amides is 3. The number of carbonyl (C=O) groups excluding carboxylic acids is 4. The number of ether oxygens (including phenoxy) is 1. The highest BCUT2D eigenvalue weighted by Crippen LogP contribution is 2.40. The van der Waals surface area contributed by atoms with Gasteiger partial charge in [-0.1, -0.05) is 56.6 Å². The van der Waals surface area contributed by atoms with Crippen LogP contribution in [0.15, 0.2) is 6.20 Å². The monoisotopic (exact) mass is 609 g/mol. The maximum absolute atomic E-state index is 14.4. The molecule has 3 aliphatic rings. The Kier molecular flexibility index (Phi) is 9.96. The second-order valence-electron chi connectivity index (χ2n) is 12.6. The number of primary amides is 1. The maximum Gasteiger partial charge on any atom is 0.287 e. The van der Waals surface area contributed by atoms with E-state index >= 15 is 0 Å². The number of hydrogen-bond donors (Lipinski definition) is 3. The van der Waals surface area contributed by atoms with E-state index in [1.54, 1.807) is 13.8 Å². The number of methoxy groups -OCH3 is 1. The van der Waals surface area contributed by atoms with Crippen molar-refractivity contribution in [1.82, 2.24) is 24.3 Å². The van der Waals surface area contributed by atoms with Gasteiger partial charge in [0.2, 0.25) is 11.7 Å². The van der Waals surface area contributed by atoms with Gasteiger partial charge in [-0.3, -0.25) is 19.2 Å². The van der Waals surface area contributed by atoms with Crippen LogP contribution in [0.5, 0.6) is 0 Å². The van der Waals surface area contributed by atoms with Crippen LogP contribution in [0.25, 0.3) is 0 Å². The molecule has 234 valence electrons. The van der Waals surface area contributed by atoms with Crippen molar-refractivity contribution in [1.29, 1.82) is 0 Å². The zero-order valence-electron chi connectivity index (χ0n) is 24.7. The average Bonchev–Trinajstić information content (AvgIpc) is 3.61. The molecule has 0 spiro atoms. The summed E-state index contributed by atoms with van der Waals surface area (Å²) in [5.74, 6) is -3.03. The van der Waals surface area contributed by atoms with Gasteiger partial charge in [-0.2, -0.15) is 0 Å². The van der Waals surface area contributed by atoms with Crippen LogP contribution in [0.3, 0.4) is 0 Å². The number of rotatable bonds is 10. The first kappa shape index (κ1) is 32.3. The molecule has 5 N–H and O–H groups in total. The van der Waals surface area contributed by atoms with Crippen LogP contribution in [0.1, 0.15) is 96.2 Å². The summed E-state index contributed by atoms with van der Waals surface area (Å²) in [7, 11) is 1.40. The second-order valence-corrected chi connectivity index (χ2v) is 12.9. The van der Waals surface area contributed by atoms with Crippen molar-refractivity contribution in [3.63, 3.8) is 0 Å². The second kappa shape index (κ2) is 12.9. The number of halogens is 1. The number of nitrogens with zero attached hydrogens (tertiary/aromatic N) is 5. The summed E-state index contributed by atoms with van der Waals surface area (Å²) in [5.41, 5.74) is 9.29. The number of carbonyl (C=O) groups is 4. The molecule has 13 nitrogen and oxygen atoms in total. The number of aromatic nitrogens is 3. The molecule has 1 saturated heterocycles. The van der Waals surface area contributed by atoms with Crippen molar-refractivity contribution < 1.29 is 29.0 Å². The molecule has 1 aromatic heterocycles. The molecule has 2 saturated carbocycles. The summed E-state index contributed by atoms with van der Waals surface area (Å²) < 4.78 is 8.09. The molecule has 0 radical (unpaired) electrons. The zero-order chi connectivity index (χ0) is 30.8. The van der Waals surface area contributed by atoms with Crippen LogP contribution < -0.4 is 11.5 Å². The average molecular weight is 610 g/mol. The number of hydrogen-bond acceptors (Lipinski definition) is 9. The molecule has 2 aliphatic carbocycles. The van der Waals surface area contributed by atoms with Crippen LogP contribution in [0, 0.1) is 5.92 Å². The largest absolute Gasteiger partial charge is 0.384 e. The lowest BCUT2D eigenvalue weighted by Crippen LogP contribution is -2.62. The maximum atomic E-state index is 14.4. The molecule has 3 fully saturated rings. The van der Waals surface area contributed by atoms with Crippen molar-refractivity contribution in [3.8, 4) is 0 Å². The van der Waals surface area contributed by atoms with Gasteiger partial charge in [0.15, 0.2) is 0 Å². The van der Waals surface area contributed by atoms with Gasteiger partial charge in [0, 0.05) is 25.4 Å². The van der Waals surface area contributed by atoms with Crippen LogP contribution in [-0.2, 0) is 29.5 Å². The molecule has 0 aromatic carbocycles. The minimum Gasteiger partial charge on any atom is -0.384 e. The van der Waals surface area contributed by atoms with Gasteiger partial charge in [0.05, 0.1) is 17.9 Å². The Morgan fingerprint density at radius 1 is 1.17 bits per heavy atom. The van der Waals surface area contributed by atoms with Gasteiger partial charge >= 0.3 is 0 Å². The predicted molar refractivity (Wildman–Crippen MR) is 152 cm³/mol. The fourth-order valence-corrected chi connectivity index (χ4v) is 7.38. The van der Waals surface area contributed by atoms with Gasteiger partial charge < -0.3 is 26.2 Å². The van der Waals surface area contributed by atoms with E-state index in [0.29, 0.717) is 30.9 Å². The first-order valence-corrected chi connectivity index (χ1v) is 15.2. The smallest absolute Gasteiger partial charge is 0.287 e. The molecule has 1 aliphatic heterocycles. The van der Waals surface area contributed by atoms with E-state index < -0.39 is 58.9 Å². The molecule has 2 heterocycles. The number of ketones is 1. The molecule has 0 bridgehead atoms. The number of nitrogens with two attached hydrogens (primary N) is 2.